The number of aromatic nitrogens is 2. The summed E-state index contributed by atoms with van der Waals surface area (Å²) in [6.45, 7) is 8.72. The predicted octanol–water partition coefficient (Wildman–Crippen LogP) is 3.14. The molecular formula is C35H42N8O3. The number of hydrogen-bond donors (Lipinski definition) is 0. The van der Waals surface area contributed by atoms with E-state index in [1.807, 2.05) is 0 Å². The van der Waals surface area contributed by atoms with E-state index in [9.17, 15) is 14.9 Å². The zero-order valence-electron chi connectivity index (χ0n) is 27.0. The van der Waals surface area contributed by atoms with E-state index in [4.69, 9.17) is 14.7 Å². The van der Waals surface area contributed by atoms with Crippen molar-refractivity contribution < 1.29 is 14.3 Å². The standard InChI is InChI=1S/C35H42N8O3/c1-23-7-4-8-25-9-5-11-30(32(23)25)40-16-13-28-29(20-40)37-35(46-22-27-10-6-15-39(27)3)38-33(28)41-17-18-42(26(19-41)12-14-36)34(45)31-21-43(31)24(2)44/h4-5,7-9,11,26-27,31H,6,10,12-13,15-22H2,1-3H3/t26-,27-,31?,43?/m0/s1. The number of nitrogens with zero attached hydrogens (tertiary/aromatic N) is 8. The highest BCUT2D eigenvalue weighted by atomic mass is 16.5. The van der Waals surface area contributed by atoms with Crippen LogP contribution >= 0.6 is 0 Å². The summed E-state index contributed by atoms with van der Waals surface area (Å²) in [6, 6.07) is 15.2. The lowest BCUT2D eigenvalue weighted by Gasteiger charge is -2.42. The fraction of sp³-hybridized carbons (Fsp3) is 0.514. The van der Waals surface area contributed by atoms with Crippen LogP contribution in [0.25, 0.3) is 10.8 Å². The molecule has 3 fully saturated rings. The normalized spacial score (nSPS) is 23.0. The molecule has 5 heterocycles. The molecule has 0 bridgehead atoms. The third kappa shape index (κ3) is 5.71. The van der Waals surface area contributed by atoms with Gasteiger partial charge in [-0.05, 0) is 56.8 Å². The number of aryl methyl sites for hydroxylation is 1. The maximum absolute atomic E-state index is 13.4. The van der Waals surface area contributed by atoms with E-state index in [2.05, 4.69) is 71.1 Å². The maximum atomic E-state index is 13.4. The summed E-state index contributed by atoms with van der Waals surface area (Å²) in [4.78, 5) is 45.6. The SMILES string of the molecule is CC(=O)N1CC1C(=O)N1CCN(c2nc(OC[C@@H]3CCCN3C)nc3c2CCN(c2cccc4cccc(C)c24)C3)C[C@@H]1CC#N. The zero-order chi connectivity index (χ0) is 31.9. The van der Waals surface area contributed by atoms with Gasteiger partial charge in [-0.1, -0.05) is 30.3 Å². The van der Waals surface area contributed by atoms with Crippen LogP contribution in [0.5, 0.6) is 6.01 Å². The van der Waals surface area contributed by atoms with Crippen molar-refractivity contribution in [3.63, 3.8) is 0 Å². The molecular weight excluding hydrogens is 580 g/mol. The van der Waals surface area contributed by atoms with Crippen LogP contribution in [-0.4, -0.2) is 108 Å². The number of likely N-dealkylation sites (N-methyl/N-ethyl adjacent to an activating group) is 1. The molecule has 0 aliphatic carbocycles. The third-order valence-electron chi connectivity index (χ3n) is 10.2. The van der Waals surface area contributed by atoms with Crippen LogP contribution in [0.1, 0.15) is 43.0 Å². The molecule has 11 heteroatoms. The van der Waals surface area contributed by atoms with Crippen LogP contribution in [0.15, 0.2) is 36.4 Å². The predicted molar refractivity (Wildman–Crippen MR) is 176 cm³/mol. The van der Waals surface area contributed by atoms with Crippen LogP contribution in [0.2, 0.25) is 0 Å². The molecule has 11 nitrogen and oxygen atoms in total. The van der Waals surface area contributed by atoms with Gasteiger partial charge >= 0.3 is 6.01 Å². The molecule has 0 saturated carbocycles. The molecule has 4 aliphatic rings. The van der Waals surface area contributed by atoms with Gasteiger partial charge in [0.25, 0.3) is 0 Å². The van der Waals surface area contributed by atoms with Gasteiger partial charge in [-0.25, -0.2) is 0 Å². The molecule has 3 saturated heterocycles. The Bertz CT molecular complexity index is 1700. The van der Waals surface area contributed by atoms with E-state index < -0.39 is 6.04 Å². The fourth-order valence-electron chi connectivity index (χ4n) is 7.56. The van der Waals surface area contributed by atoms with Gasteiger partial charge in [0.1, 0.15) is 18.5 Å². The molecule has 0 N–H and O–H groups in total. The zero-order valence-corrected chi connectivity index (χ0v) is 27.0. The van der Waals surface area contributed by atoms with Gasteiger partial charge in [-0.2, -0.15) is 15.2 Å². The second-order valence-electron chi connectivity index (χ2n) is 13.1. The number of anilines is 2. The number of likely N-dealkylation sites (tertiary alicyclic amines) is 1. The van der Waals surface area contributed by atoms with Crippen molar-refractivity contribution in [1.82, 2.24) is 24.7 Å². The molecule has 2 amide bonds. The van der Waals surface area contributed by atoms with Crippen LogP contribution in [0.4, 0.5) is 11.5 Å². The van der Waals surface area contributed by atoms with Crippen molar-refractivity contribution in [3.8, 4) is 12.1 Å². The number of rotatable bonds is 7. The van der Waals surface area contributed by atoms with Crippen molar-refractivity contribution in [2.45, 2.75) is 64.2 Å². The lowest BCUT2D eigenvalue weighted by atomic mass is 9.99. The van der Waals surface area contributed by atoms with Crippen LogP contribution in [0, 0.1) is 18.3 Å². The molecule has 7 rings (SSSR count). The van der Waals surface area contributed by atoms with Gasteiger partial charge in [0.05, 0.1) is 37.3 Å². The highest BCUT2D eigenvalue weighted by Crippen LogP contribution is 2.36. The van der Waals surface area contributed by atoms with Crippen molar-refractivity contribution in [3.05, 3.63) is 53.2 Å². The Hall–Kier alpha value is -4.43. The monoisotopic (exact) mass is 622 g/mol. The van der Waals surface area contributed by atoms with E-state index >= 15 is 0 Å². The third-order valence-corrected chi connectivity index (χ3v) is 10.2. The Balaban J connectivity index is 1.19. The van der Waals surface area contributed by atoms with E-state index in [0.29, 0.717) is 51.4 Å². The minimum atomic E-state index is -0.408. The van der Waals surface area contributed by atoms with Gasteiger partial charge in [0.2, 0.25) is 11.8 Å². The minimum absolute atomic E-state index is 0.0643. The fourth-order valence-corrected chi connectivity index (χ4v) is 7.56. The lowest BCUT2D eigenvalue weighted by molar-refractivity contribution is -0.136. The van der Waals surface area contributed by atoms with Gasteiger partial charge < -0.3 is 29.2 Å². The van der Waals surface area contributed by atoms with E-state index in [0.717, 1.165) is 49.4 Å². The lowest BCUT2D eigenvalue weighted by Crippen LogP contribution is -2.57. The Morgan fingerprint density at radius 3 is 2.57 bits per heavy atom. The van der Waals surface area contributed by atoms with Gasteiger partial charge in [-0.3, -0.25) is 9.59 Å². The summed E-state index contributed by atoms with van der Waals surface area (Å²) in [7, 11) is 2.14. The summed E-state index contributed by atoms with van der Waals surface area (Å²) in [5.41, 5.74) is 4.53. The number of carbonyl (C=O) groups excluding carboxylic acids is 2. The van der Waals surface area contributed by atoms with Crippen molar-refractivity contribution in [1.29, 1.82) is 5.26 Å². The number of fused-ring (bicyclic) bond motifs is 2. The number of benzene rings is 2. The summed E-state index contributed by atoms with van der Waals surface area (Å²) in [5, 5.41) is 12.2. The first-order valence-electron chi connectivity index (χ1n) is 16.5. The van der Waals surface area contributed by atoms with Gasteiger partial charge in [0, 0.05) is 55.8 Å². The quantitative estimate of drug-likeness (QED) is 0.367. The molecule has 3 atom stereocenters. The Morgan fingerprint density at radius 2 is 1.83 bits per heavy atom. The molecule has 1 unspecified atom stereocenters. The summed E-state index contributed by atoms with van der Waals surface area (Å²) >= 11 is 0. The van der Waals surface area contributed by atoms with Crippen molar-refractivity contribution >= 4 is 34.1 Å². The first kappa shape index (κ1) is 30.2. The maximum Gasteiger partial charge on any atom is 0.318 e. The summed E-state index contributed by atoms with van der Waals surface area (Å²) in [6.07, 6.45) is 3.25. The largest absolute Gasteiger partial charge is 0.462 e. The molecule has 240 valence electrons. The minimum Gasteiger partial charge on any atom is -0.462 e. The number of piperazine rings is 1. The number of amides is 2. The highest BCUT2D eigenvalue weighted by molar-refractivity contribution is 5.97. The van der Waals surface area contributed by atoms with Crippen LogP contribution in [0.3, 0.4) is 0 Å². The summed E-state index contributed by atoms with van der Waals surface area (Å²) in [5.74, 6) is 0.691. The molecule has 1 aromatic heterocycles. The topological polar surface area (TPSA) is 109 Å². The number of hydrogen-bond acceptors (Lipinski definition) is 9. The first-order valence-corrected chi connectivity index (χ1v) is 16.5. The van der Waals surface area contributed by atoms with E-state index in [1.54, 1.807) is 9.80 Å². The van der Waals surface area contributed by atoms with Crippen LogP contribution < -0.4 is 14.5 Å². The van der Waals surface area contributed by atoms with Crippen LogP contribution in [-0.2, 0) is 22.6 Å². The average molecular weight is 623 g/mol. The summed E-state index contributed by atoms with van der Waals surface area (Å²) < 4.78 is 6.33. The second-order valence-corrected chi connectivity index (χ2v) is 13.1. The second kappa shape index (κ2) is 12.4. The van der Waals surface area contributed by atoms with Gasteiger partial charge in [-0.15, -0.1) is 0 Å². The first-order chi connectivity index (χ1) is 22.3. The molecule has 4 aliphatic heterocycles. The Morgan fingerprint density at radius 1 is 1.00 bits per heavy atom. The number of carbonyl (C=O) groups is 2. The molecule has 0 spiro atoms. The molecule has 0 radical (unpaired) electrons. The number of ether oxygens (including phenoxy) is 1. The van der Waals surface area contributed by atoms with Gasteiger partial charge in [0.15, 0.2) is 0 Å². The Kier molecular flexibility index (Phi) is 8.15. The molecule has 3 aromatic rings. The van der Waals surface area contributed by atoms with Crippen molar-refractivity contribution in [2.75, 3.05) is 62.7 Å². The highest BCUT2D eigenvalue weighted by Gasteiger charge is 2.47. The van der Waals surface area contributed by atoms with E-state index in [1.165, 1.54) is 28.9 Å². The number of nitriles is 1. The Labute approximate surface area is 270 Å². The smallest absolute Gasteiger partial charge is 0.318 e. The van der Waals surface area contributed by atoms with E-state index in [-0.39, 0.29) is 24.3 Å². The van der Waals surface area contributed by atoms with Crippen molar-refractivity contribution in [2.24, 2.45) is 0 Å². The molecule has 2 aromatic carbocycles. The average Bonchev–Trinajstić information content (AvgIpc) is 3.77. The molecule has 46 heavy (non-hydrogen) atoms.